The lowest BCUT2D eigenvalue weighted by molar-refractivity contribution is -0.127. The van der Waals surface area contributed by atoms with E-state index in [4.69, 9.17) is 4.74 Å². The fraction of sp³-hybridized carbons (Fsp3) is 0.211. The molecule has 3 N–H and O–H groups in total. The molecule has 2 aromatic carbocycles. The highest BCUT2D eigenvalue weighted by molar-refractivity contribution is 8.00. The lowest BCUT2D eigenvalue weighted by atomic mass is 10.2. The van der Waals surface area contributed by atoms with E-state index in [2.05, 4.69) is 16.2 Å². The van der Waals surface area contributed by atoms with Gasteiger partial charge in [0.05, 0.1) is 19.4 Å². The van der Waals surface area contributed by atoms with Crippen molar-refractivity contribution in [3.8, 4) is 5.75 Å². The molecule has 0 aliphatic carbocycles. The van der Waals surface area contributed by atoms with Gasteiger partial charge < -0.3 is 10.1 Å². The minimum absolute atomic E-state index is 0.168. The Morgan fingerprint density at radius 3 is 2.19 bits per heavy atom. The van der Waals surface area contributed by atoms with Gasteiger partial charge in [0.1, 0.15) is 5.75 Å². The van der Waals surface area contributed by atoms with Crippen LogP contribution in [0.5, 0.6) is 5.75 Å². The molecule has 0 atom stereocenters. The molecule has 0 bridgehead atoms. The molecule has 2 rings (SSSR count). The lowest BCUT2D eigenvalue weighted by Crippen LogP contribution is -2.46. The molecule has 0 aliphatic rings. The van der Waals surface area contributed by atoms with Gasteiger partial charge in [0.25, 0.3) is 11.8 Å². The number of rotatable bonds is 7. The zero-order valence-corrected chi connectivity index (χ0v) is 15.9. The Morgan fingerprint density at radius 1 is 0.926 bits per heavy atom. The van der Waals surface area contributed by atoms with Crippen molar-refractivity contribution in [2.75, 3.05) is 19.4 Å². The van der Waals surface area contributed by atoms with E-state index in [9.17, 15) is 14.4 Å². The Hall–Kier alpha value is -3.00. The summed E-state index contributed by atoms with van der Waals surface area (Å²) in [4.78, 5) is 36.4. The number of methoxy groups -OCH3 is 1. The summed E-state index contributed by atoms with van der Waals surface area (Å²) in [7, 11) is 1.53. The van der Waals surface area contributed by atoms with Gasteiger partial charge in [0.2, 0.25) is 5.91 Å². The van der Waals surface area contributed by atoms with E-state index in [0.717, 1.165) is 10.5 Å². The van der Waals surface area contributed by atoms with Crippen molar-refractivity contribution in [1.29, 1.82) is 0 Å². The molecule has 0 aromatic heterocycles. The zero-order chi connectivity index (χ0) is 19.6. The first-order chi connectivity index (χ1) is 13.0. The number of benzene rings is 2. The fourth-order valence-corrected chi connectivity index (χ4v) is 2.71. The van der Waals surface area contributed by atoms with Crippen molar-refractivity contribution in [3.63, 3.8) is 0 Å². The lowest BCUT2D eigenvalue weighted by Gasteiger charge is -2.09. The van der Waals surface area contributed by atoms with Crippen LogP contribution >= 0.6 is 11.8 Å². The summed E-state index contributed by atoms with van der Waals surface area (Å²) in [6.07, 6.45) is 0. The summed E-state index contributed by atoms with van der Waals surface area (Å²) >= 11 is 1.36. The zero-order valence-electron chi connectivity index (χ0n) is 15.1. The van der Waals surface area contributed by atoms with Crippen LogP contribution in [0.2, 0.25) is 0 Å². The van der Waals surface area contributed by atoms with E-state index in [1.807, 2.05) is 31.2 Å². The van der Waals surface area contributed by atoms with Gasteiger partial charge in [-0.25, -0.2) is 0 Å². The molecule has 0 saturated heterocycles. The number of ether oxygens (including phenoxy) is 1. The van der Waals surface area contributed by atoms with Crippen LogP contribution in [-0.4, -0.2) is 37.1 Å². The summed E-state index contributed by atoms with van der Waals surface area (Å²) in [5.41, 5.74) is 6.13. The van der Waals surface area contributed by atoms with Crippen molar-refractivity contribution >= 4 is 29.5 Å². The minimum atomic E-state index is -0.523. The maximum Gasteiger partial charge on any atom is 0.257 e. The Bertz CT molecular complexity index is 792. The number of nitrogens with one attached hydrogen (secondary N) is 3. The molecule has 142 valence electrons. The topological polar surface area (TPSA) is 96.5 Å². The predicted octanol–water partition coefficient (Wildman–Crippen LogP) is 1.67. The molecule has 27 heavy (non-hydrogen) atoms. The molecule has 8 heteroatoms. The molecular weight excluding hydrogens is 366 g/mol. The number of hydrogen-bond acceptors (Lipinski definition) is 5. The maximum atomic E-state index is 11.9. The summed E-state index contributed by atoms with van der Waals surface area (Å²) in [6.45, 7) is 1.74. The van der Waals surface area contributed by atoms with Gasteiger partial charge in [0, 0.05) is 10.5 Å². The molecular formula is C19H21N3O4S. The number of carbonyl (C=O) groups is 3. The molecule has 0 fully saturated rings. The average Bonchev–Trinajstić information content (AvgIpc) is 2.70. The van der Waals surface area contributed by atoms with Crippen LogP contribution in [-0.2, 0) is 9.59 Å². The molecule has 3 amide bonds. The quantitative estimate of drug-likeness (QED) is 0.496. The SMILES string of the molecule is COc1ccc(C(=O)NCC(=O)NNC(=O)CSc2ccc(C)cc2)cc1. The fourth-order valence-electron chi connectivity index (χ4n) is 2.01. The summed E-state index contributed by atoms with van der Waals surface area (Å²) in [5, 5.41) is 2.47. The van der Waals surface area contributed by atoms with Gasteiger partial charge in [-0.2, -0.15) is 0 Å². The van der Waals surface area contributed by atoms with Gasteiger partial charge in [-0.3, -0.25) is 25.2 Å². The molecule has 0 unspecified atom stereocenters. The number of carbonyl (C=O) groups excluding carboxylic acids is 3. The van der Waals surface area contributed by atoms with Crippen LogP contribution in [0.4, 0.5) is 0 Å². The molecule has 0 spiro atoms. The highest BCUT2D eigenvalue weighted by atomic mass is 32.2. The second kappa shape index (κ2) is 10.2. The number of thioether (sulfide) groups is 1. The average molecular weight is 387 g/mol. The van der Waals surface area contributed by atoms with Crippen LogP contribution in [0, 0.1) is 6.92 Å². The van der Waals surface area contributed by atoms with E-state index in [-0.39, 0.29) is 18.2 Å². The van der Waals surface area contributed by atoms with E-state index in [1.54, 1.807) is 24.3 Å². The van der Waals surface area contributed by atoms with Crippen LogP contribution in [0.1, 0.15) is 15.9 Å². The molecule has 0 radical (unpaired) electrons. The first-order valence-corrected chi connectivity index (χ1v) is 9.16. The molecule has 7 nitrogen and oxygen atoms in total. The predicted molar refractivity (Wildman–Crippen MR) is 104 cm³/mol. The van der Waals surface area contributed by atoms with Crippen molar-refractivity contribution in [3.05, 3.63) is 59.7 Å². The van der Waals surface area contributed by atoms with Crippen LogP contribution in [0.3, 0.4) is 0 Å². The summed E-state index contributed by atoms with van der Waals surface area (Å²) in [6, 6.07) is 14.3. The highest BCUT2D eigenvalue weighted by Crippen LogP contribution is 2.17. The first kappa shape index (κ1) is 20.3. The van der Waals surface area contributed by atoms with E-state index in [1.165, 1.54) is 18.9 Å². The standard InChI is InChI=1S/C19H21N3O4S/c1-13-3-9-16(10-4-13)27-12-18(24)22-21-17(23)11-20-19(25)14-5-7-15(26-2)8-6-14/h3-10H,11-12H2,1-2H3,(H,20,25)(H,21,23)(H,22,24). The third kappa shape index (κ3) is 7.02. The number of hydrogen-bond donors (Lipinski definition) is 3. The van der Waals surface area contributed by atoms with Crippen molar-refractivity contribution in [2.45, 2.75) is 11.8 Å². The largest absolute Gasteiger partial charge is 0.497 e. The number of amides is 3. The van der Waals surface area contributed by atoms with Gasteiger partial charge in [-0.05, 0) is 43.3 Å². The number of aryl methyl sites for hydroxylation is 1. The summed E-state index contributed by atoms with van der Waals surface area (Å²) < 4.78 is 5.02. The highest BCUT2D eigenvalue weighted by Gasteiger charge is 2.09. The van der Waals surface area contributed by atoms with E-state index in [0.29, 0.717) is 11.3 Å². The molecule has 0 saturated carbocycles. The second-order valence-corrected chi connectivity index (χ2v) is 6.66. The van der Waals surface area contributed by atoms with E-state index < -0.39 is 11.8 Å². The Balaban J connectivity index is 1.66. The van der Waals surface area contributed by atoms with Crippen LogP contribution in [0.25, 0.3) is 0 Å². The Labute approximate surface area is 161 Å². The maximum absolute atomic E-state index is 11.9. The van der Waals surface area contributed by atoms with Crippen LogP contribution in [0.15, 0.2) is 53.4 Å². The molecule has 0 heterocycles. The van der Waals surface area contributed by atoms with E-state index >= 15 is 0 Å². The van der Waals surface area contributed by atoms with Crippen LogP contribution < -0.4 is 20.9 Å². The van der Waals surface area contributed by atoms with Crippen molar-refractivity contribution in [2.24, 2.45) is 0 Å². The first-order valence-electron chi connectivity index (χ1n) is 8.17. The Morgan fingerprint density at radius 2 is 1.56 bits per heavy atom. The second-order valence-electron chi connectivity index (χ2n) is 5.61. The molecule has 0 aliphatic heterocycles. The summed E-state index contributed by atoms with van der Waals surface area (Å²) in [5.74, 6) is -0.452. The third-order valence-corrected chi connectivity index (χ3v) is 4.51. The van der Waals surface area contributed by atoms with Gasteiger partial charge in [0.15, 0.2) is 0 Å². The smallest absolute Gasteiger partial charge is 0.257 e. The Kier molecular flexibility index (Phi) is 7.69. The monoisotopic (exact) mass is 387 g/mol. The normalized spacial score (nSPS) is 10.0. The van der Waals surface area contributed by atoms with Gasteiger partial charge in [-0.15, -0.1) is 11.8 Å². The van der Waals surface area contributed by atoms with Gasteiger partial charge >= 0.3 is 0 Å². The van der Waals surface area contributed by atoms with Crippen molar-refractivity contribution < 1.29 is 19.1 Å². The van der Waals surface area contributed by atoms with Gasteiger partial charge in [-0.1, -0.05) is 17.7 Å². The minimum Gasteiger partial charge on any atom is -0.497 e. The van der Waals surface area contributed by atoms with Crippen molar-refractivity contribution in [1.82, 2.24) is 16.2 Å². The molecule has 2 aromatic rings. The number of hydrazine groups is 1. The third-order valence-electron chi connectivity index (χ3n) is 3.49.